The normalized spacial score (nSPS) is 15.8. The summed E-state index contributed by atoms with van der Waals surface area (Å²) in [6.07, 6.45) is 0. The summed E-state index contributed by atoms with van der Waals surface area (Å²) in [5.41, 5.74) is 4.73. The number of ether oxygens (including phenoxy) is 1. The summed E-state index contributed by atoms with van der Waals surface area (Å²) in [5, 5.41) is 2.95. The number of hydrogen-bond acceptors (Lipinski definition) is 4. The van der Waals surface area contributed by atoms with E-state index in [1.165, 1.54) is 16.8 Å². The molecule has 1 aromatic heterocycles. The topological polar surface area (TPSA) is 29.8 Å². The van der Waals surface area contributed by atoms with Gasteiger partial charge in [0.2, 0.25) is 0 Å². The van der Waals surface area contributed by atoms with Gasteiger partial charge in [0, 0.05) is 36.6 Å². The molecule has 1 saturated heterocycles. The van der Waals surface area contributed by atoms with Gasteiger partial charge in [-0.15, -0.1) is 11.3 Å². The molecule has 2 aromatic carbocycles. The van der Waals surface area contributed by atoms with Crippen molar-refractivity contribution < 1.29 is 4.74 Å². The van der Waals surface area contributed by atoms with Gasteiger partial charge in [-0.05, 0) is 41.3 Å². The zero-order valence-electron chi connectivity index (χ0n) is 17.6. The molecule has 0 spiro atoms. The molecular weight excluding hydrogens is 414 g/mol. The van der Waals surface area contributed by atoms with Crippen LogP contribution < -0.4 is 4.80 Å². The first kappa shape index (κ1) is 21.3. The fourth-order valence-electron chi connectivity index (χ4n) is 3.60. The van der Waals surface area contributed by atoms with Gasteiger partial charge in [0.1, 0.15) is 0 Å². The highest BCUT2D eigenvalue weighted by atomic mass is 35.5. The number of hydrogen-bond donors (Lipinski definition) is 0. The minimum Gasteiger partial charge on any atom is -0.379 e. The lowest BCUT2D eigenvalue weighted by atomic mass is 10.0. The largest absolute Gasteiger partial charge is 0.379 e. The zero-order valence-corrected chi connectivity index (χ0v) is 19.1. The Morgan fingerprint density at radius 1 is 1.00 bits per heavy atom. The van der Waals surface area contributed by atoms with Crippen molar-refractivity contribution in [2.24, 2.45) is 4.99 Å². The average Bonchev–Trinajstić information content (AvgIpc) is 3.17. The first-order valence-corrected chi connectivity index (χ1v) is 11.7. The van der Waals surface area contributed by atoms with Crippen molar-refractivity contribution in [3.05, 3.63) is 69.3 Å². The fraction of sp³-hybridized carbons (Fsp3) is 0.375. The van der Waals surface area contributed by atoms with E-state index in [2.05, 4.69) is 53.0 Å². The number of nitrogens with zero attached hydrogens (tertiary/aromatic N) is 3. The molecule has 0 aliphatic carbocycles. The molecule has 158 valence electrons. The third kappa shape index (κ3) is 5.22. The summed E-state index contributed by atoms with van der Waals surface area (Å²) in [4.78, 5) is 8.39. The molecule has 30 heavy (non-hydrogen) atoms. The maximum atomic E-state index is 6.04. The van der Waals surface area contributed by atoms with E-state index in [0.29, 0.717) is 5.92 Å². The Hall–Kier alpha value is -1.92. The molecule has 1 fully saturated rings. The summed E-state index contributed by atoms with van der Waals surface area (Å²) in [5.74, 6) is 0.533. The molecule has 0 atom stereocenters. The van der Waals surface area contributed by atoms with E-state index in [0.717, 1.165) is 54.9 Å². The SMILES string of the molecule is CC(C)c1ccc(-c2csc(=Nc3ccc(Cl)cc3)n2CCN2CCOCC2)cc1. The van der Waals surface area contributed by atoms with Crippen LogP contribution in [0.3, 0.4) is 0 Å². The Kier molecular flexibility index (Phi) is 7.05. The van der Waals surface area contributed by atoms with Crippen LogP contribution in [-0.4, -0.2) is 42.3 Å². The molecule has 4 nitrogen and oxygen atoms in total. The van der Waals surface area contributed by atoms with Gasteiger partial charge in [-0.25, -0.2) is 4.99 Å². The van der Waals surface area contributed by atoms with Gasteiger partial charge in [-0.3, -0.25) is 4.90 Å². The monoisotopic (exact) mass is 441 g/mol. The Labute approximate surface area is 187 Å². The van der Waals surface area contributed by atoms with Crippen LogP contribution in [0.2, 0.25) is 5.02 Å². The average molecular weight is 442 g/mol. The molecule has 1 aliphatic rings. The van der Waals surface area contributed by atoms with Crippen LogP contribution in [0.25, 0.3) is 11.3 Å². The van der Waals surface area contributed by atoms with Crippen LogP contribution in [0, 0.1) is 0 Å². The van der Waals surface area contributed by atoms with Crippen molar-refractivity contribution in [3.8, 4) is 11.3 Å². The van der Waals surface area contributed by atoms with Crippen molar-refractivity contribution in [3.63, 3.8) is 0 Å². The lowest BCUT2D eigenvalue weighted by molar-refractivity contribution is 0.0363. The minimum atomic E-state index is 0.533. The van der Waals surface area contributed by atoms with Crippen molar-refractivity contribution in [2.45, 2.75) is 26.3 Å². The summed E-state index contributed by atoms with van der Waals surface area (Å²) in [6, 6.07) is 16.6. The molecule has 0 radical (unpaired) electrons. The number of morpholine rings is 1. The van der Waals surface area contributed by atoms with Crippen LogP contribution in [-0.2, 0) is 11.3 Å². The molecule has 3 aromatic rings. The Morgan fingerprint density at radius 2 is 1.70 bits per heavy atom. The van der Waals surface area contributed by atoms with E-state index in [4.69, 9.17) is 21.3 Å². The maximum absolute atomic E-state index is 6.04. The first-order chi connectivity index (χ1) is 14.6. The predicted octanol–water partition coefficient (Wildman–Crippen LogP) is 5.56. The molecular formula is C24H28ClN3OS. The second kappa shape index (κ2) is 9.92. The smallest absolute Gasteiger partial charge is 0.190 e. The standard InChI is InChI=1S/C24H28ClN3OS/c1-18(2)19-3-5-20(6-4-19)23-17-30-24(26-22-9-7-21(25)8-10-22)28(23)12-11-27-13-15-29-16-14-27/h3-10,17-18H,11-16H2,1-2H3. The summed E-state index contributed by atoms with van der Waals surface area (Å²) in [7, 11) is 0. The van der Waals surface area contributed by atoms with Crippen LogP contribution in [0.4, 0.5) is 5.69 Å². The molecule has 0 amide bonds. The van der Waals surface area contributed by atoms with Gasteiger partial charge in [-0.2, -0.15) is 0 Å². The zero-order chi connectivity index (χ0) is 20.9. The van der Waals surface area contributed by atoms with E-state index in [1.54, 1.807) is 11.3 Å². The second-order valence-corrected chi connectivity index (χ2v) is 9.15. The predicted molar refractivity (Wildman–Crippen MR) is 126 cm³/mol. The number of benzene rings is 2. The third-order valence-electron chi connectivity index (χ3n) is 5.47. The summed E-state index contributed by atoms with van der Waals surface area (Å²) in [6.45, 7) is 9.97. The lowest BCUT2D eigenvalue weighted by Gasteiger charge is -2.26. The highest BCUT2D eigenvalue weighted by Gasteiger charge is 2.13. The molecule has 0 unspecified atom stereocenters. The van der Waals surface area contributed by atoms with Gasteiger partial charge in [0.05, 0.1) is 24.6 Å². The van der Waals surface area contributed by atoms with Gasteiger partial charge in [0.15, 0.2) is 4.80 Å². The number of halogens is 1. The van der Waals surface area contributed by atoms with E-state index >= 15 is 0 Å². The van der Waals surface area contributed by atoms with Crippen molar-refractivity contribution in [1.82, 2.24) is 9.47 Å². The number of rotatable bonds is 6. The number of thiazole rings is 1. The lowest BCUT2D eigenvalue weighted by Crippen LogP contribution is -2.39. The Bertz CT molecular complexity index is 1020. The van der Waals surface area contributed by atoms with Crippen LogP contribution in [0.1, 0.15) is 25.3 Å². The van der Waals surface area contributed by atoms with Crippen LogP contribution in [0.15, 0.2) is 58.9 Å². The minimum absolute atomic E-state index is 0.533. The van der Waals surface area contributed by atoms with E-state index in [9.17, 15) is 0 Å². The van der Waals surface area contributed by atoms with Gasteiger partial charge >= 0.3 is 0 Å². The van der Waals surface area contributed by atoms with E-state index in [1.807, 2.05) is 24.3 Å². The number of aromatic nitrogens is 1. The third-order valence-corrected chi connectivity index (χ3v) is 6.58. The van der Waals surface area contributed by atoms with Crippen LogP contribution >= 0.6 is 22.9 Å². The maximum Gasteiger partial charge on any atom is 0.190 e. The fourth-order valence-corrected chi connectivity index (χ4v) is 4.68. The summed E-state index contributed by atoms with van der Waals surface area (Å²) < 4.78 is 7.84. The molecule has 0 saturated carbocycles. The molecule has 6 heteroatoms. The van der Waals surface area contributed by atoms with Crippen molar-refractivity contribution in [1.29, 1.82) is 0 Å². The van der Waals surface area contributed by atoms with Crippen molar-refractivity contribution >= 4 is 28.6 Å². The van der Waals surface area contributed by atoms with Crippen molar-refractivity contribution in [2.75, 3.05) is 32.8 Å². The summed E-state index contributed by atoms with van der Waals surface area (Å²) >= 11 is 7.73. The van der Waals surface area contributed by atoms with Crippen LogP contribution in [0.5, 0.6) is 0 Å². The quantitative estimate of drug-likeness (QED) is 0.501. The van der Waals surface area contributed by atoms with E-state index in [-0.39, 0.29) is 0 Å². The molecule has 0 N–H and O–H groups in total. The molecule has 1 aliphatic heterocycles. The second-order valence-electron chi connectivity index (χ2n) is 7.87. The first-order valence-electron chi connectivity index (χ1n) is 10.5. The molecule has 4 rings (SSSR count). The van der Waals surface area contributed by atoms with Gasteiger partial charge in [-0.1, -0.05) is 49.7 Å². The molecule has 0 bridgehead atoms. The highest BCUT2D eigenvalue weighted by Crippen LogP contribution is 2.24. The molecule has 2 heterocycles. The van der Waals surface area contributed by atoms with Gasteiger partial charge in [0.25, 0.3) is 0 Å². The van der Waals surface area contributed by atoms with E-state index < -0.39 is 0 Å². The Balaban J connectivity index is 1.68. The Morgan fingerprint density at radius 3 is 2.37 bits per heavy atom. The van der Waals surface area contributed by atoms with Gasteiger partial charge < -0.3 is 9.30 Å². The highest BCUT2D eigenvalue weighted by molar-refractivity contribution is 7.07.